The van der Waals surface area contributed by atoms with Crippen LogP contribution in [0.15, 0.2) is 29.5 Å². The van der Waals surface area contributed by atoms with Crippen molar-refractivity contribution in [2.45, 2.75) is 19.9 Å². The van der Waals surface area contributed by atoms with E-state index in [2.05, 4.69) is 10.6 Å². The Kier molecular flexibility index (Phi) is 5.10. The summed E-state index contributed by atoms with van der Waals surface area (Å²) < 4.78 is 15.6. The number of allylic oxidation sites excluding steroid dienone is 1. The lowest BCUT2D eigenvalue weighted by atomic mass is 9.94. The van der Waals surface area contributed by atoms with E-state index in [9.17, 15) is 9.59 Å². The van der Waals surface area contributed by atoms with Crippen LogP contribution < -0.4 is 20.1 Å². The summed E-state index contributed by atoms with van der Waals surface area (Å²) >= 11 is 0. The van der Waals surface area contributed by atoms with Crippen LogP contribution in [0, 0.1) is 0 Å². The molecule has 0 saturated heterocycles. The van der Waals surface area contributed by atoms with Crippen LogP contribution in [0.4, 0.5) is 4.79 Å². The van der Waals surface area contributed by atoms with Crippen LogP contribution in [0.1, 0.15) is 25.5 Å². The molecule has 1 aliphatic rings. The summed E-state index contributed by atoms with van der Waals surface area (Å²) in [6, 6.07) is 4.13. The highest BCUT2D eigenvalue weighted by atomic mass is 16.5. The molecule has 0 saturated carbocycles. The standard InChI is InChI=1S/C16H20N2O5/c1-5-23-15(19)13-9(2)17-16(20)18-14(13)11-7-6-10(21-3)8-12(11)22-4/h6-8,14H,5H2,1-4H3,(H2,17,18,20)/t14-/m0/s1. The van der Waals surface area contributed by atoms with Gasteiger partial charge in [0.25, 0.3) is 0 Å². The van der Waals surface area contributed by atoms with E-state index in [1.165, 1.54) is 7.11 Å². The smallest absolute Gasteiger partial charge is 0.338 e. The lowest BCUT2D eigenvalue weighted by Gasteiger charge is -2.29. The second-order valence-electron chi connectivity index (χ2n) is 4.90. The molecular formula is C16H20N2O5. The van der Waals surface area contributed by atoms with Gasteiger partial charge in [0.2, 0.25) is 0 Å². The molecule has 1 heterocycles. The maximum absolute atomic E-state index is 12.3. The van der Waals surface area contributed by atoms with Crippen molar-refractivity contribution in [1.82, 2.24) is 10.6 Å². The van der Waals surface area contributed by atoms with Gasteiger partial charge < -0.3 is 24.8 Å². The molecule has 1 aliphatic heterocycles. The Hall–Kier alpha value is -2.70. The fourth-order valence-electron chi connectivity index (χ4n) is 2.46. The van der Waals surface area contributed by atoms with Gasteiger partial charge in [0.05, 0.1) is 32.4 Å². The quantitative estimate of drug-likeness (QED) is 0.809. The Labute approximate surface area is 134 Å². The molecule has 0 radical (unpaired) electrons. The summed E-state index contributed by atoms with van der Waals surface area (Å²) in [5.74, 6) is 0.635. The fourth-order valence-corrected chi connectivity index (χ4v) is 2.46. The van der Waals surface area contributed by atoms with E-state index in [4.69, 9.17) is 14.2 Å². The molecule has 1 aromatic carbocycles. The second-order valence-corrected chi connectivity index (χ2v) is 4.90. The van der Waals surface area contributed by atoms with Crippen LogP contribution in [-0.4, -0.2) is 32.8 Å². The zero-order chi connectivity index (χ0) is 17.0. The average Bonchev–Trinajstić information content (AvgIpc) is 2.53. The molecule has 7 nitrogen and oxygen atoms in total. The van der Waals surface area contributed by atoms with Gasteiger partial charge in [0.15, 0.2) is 0 Å². The van der Waals surface area contributed by atoms with Crippen molar-refractivity contribution >= 4 is 12.0 Å². The number of methoxy groups -OCH3 is 2. The van der Waals surface area contributed by atoms with Crippen LogP contribution in [0.25, 0.3) is 0 Å². The summed E-state index contributed by atoms with van der Waals surface area (Å²) in [4.78, 5) is 24.1. The molecule has 0 unspecified atom stereocenters. The molecular weight excluding hydrogens is 300 g/mol. The third kappa shape index (κ3) is 3.39. The highest BCUT2D eigenvalue weighted by Crippen LogP contribution is 2.35. The maximum Gasteiger partial charge on any atom is 0.338 e. The van der Waals surface area contributed by atoms with Crippen LogP contribution in [0.3, 0.4) is 0 Å². The number of benzene rings is 1. The summed E-state index contributed by atoms with van der Waals surface area (Å²) in [5, 5.41) is 5.33. The van der Waals surface area contributed by atoms with E-state index < -0.39 is 18.0 Å². The molecule has 2 N–H and O–H groups in total. The first-order valence-corrected chi connectivity index (χ1v) is 7.19. The molecule has 7 heteroatoms. The van der Waals surface area contributed by atoms with E-state index >= 15 is 0 Å². The summed E-state index contributed by atoms with van der Waals surface area (Å²) in [7, 11) is 3.07. The minimum absolute atomic E-state index is 0.246. The third-order valence-corrected chi connectivity index (χ3v) is 3.52. The lowest BCUT2D eigenvalue weighted by Crippen LogP contribution is -2.45. The summed E-state index contributed by atoms with van der Waals surface area (Å²) in [5.41, 5.74) is 1.44. The van der Waals surface area contributed by atoms with E-state index in [-0.39, 0.29) is 6.61 Å². The van der Waals surface area contributed by atoms with Crippen LogP contribution in [0.5, 0.6) is 11.5 Å². The van der Waals surface area contributed by atoms with Gasteiger partial charge in [-0.1, -0.05) is 0 Å². The van der Waals surface area contributed by atoms with Gasteiger partial charge in [-0.2, -0.15) is 0 Å². The largest absolute Gasteiger partial charge is 0.497 e. The van der Waals surface area contributed by atoms with Gasteiger partial charge in [-0.25, -0.2) is 9.59 Å². The van der Waals surface area contributed by atoms with E-state index in [1.54, 1.807) is 39.2 Å². The molecule has 2 amide bonds. The Morgan fingerprint density at radius 2 is 2.00 bits per heavy atom. The maximum atomic E-state index is 12.3. The third-order valence-electron chi connectivity index (χ3n) is 3.52. The van der Waals surface area contributed by atoms with Crippen molar-refractivity contribution < 1.29 is 23.8 Å². The molecule has 0 spiro atoms. The van der Waals surface area contributed by atoms with Crippen LogP contribution >= 0.6 is 0 Å². The number of nitrogens with one attached hydrogen (secondary N) is 2. The van der Waals surface area contributed by atoms with E-state index in [0.717, 1.165) is 0 Å². The number of urea groups is 1. The van der Waals surface area contributed by atoms with Gasteiger partial charge in [-0.05, 0) is 26.0 Å². The lowest BCUT2D eigenvalue weighted by molar-refractivity contribution is -0.139. The minimum Gasteiger partial charge on any atom is -0.497 e. The van der Waals surface area contributed by atoms with Gasteiger partial charge in [-0.15, -0.1) is 0 Å². The zero-order valence-corrected chi connectivity index (χ0v) is 13.6. The molecule has 23 heavy (non-hydrogen) atoms. The van der Waals surface area contributed by atoms with Crippen molar-refractivity contribution in [1.29, 1.82) is 0 Å². The fraction of sp³-hybridized carbons (Fsp3) is 0.375. The molecule has 124 valence electrons. The molecule has 0 bridgehead atoms. The van der Waals surface area contributed by atoms with E-state index in [1.807, 2.05) is 0 Å². The molecule has 0 aliphatic carbocycles. The highest BCUT2D eigenvalue weighted by Gasteiger charge is 2.33. The van der Waals surface area contributed by atoms with Crippen LogP contribution in [-0.2, 0) is 9.53 Å². The highest BCUT2D eigenvalue weighted by molar-refractivity contribution is 5.95. The zero-order valence-electron chi connectivity index (χ0n) is 13.6. The minimum atomic E-state index is -0.663. The predicted octanol–water partition coefficient (Wildman–Crippen LogP) is 1.89. The first-order valence-electron chi connectivity index (χ1n) is 7.19. The predicted molar refractivity (Wildman–Crippen MR) is 83.3 cm³/mol. The Bertz CT molecular complexity index is 654. The average molecular weight is 320 g/mol. The second kappa shape index (κ2) is 7.04. The normalized spacial score (nSPS) is 17.2. The first kappa shape index (κ1) is 16.7. The molecule has 1 aromatic rings. The number of esters is 1. The molecule has 1 atom stereocenters. The van der Waals surface area contributed by atoms with Crippen molar-refractivity contribution in [2.24, 2.45) is 0 Å². The summed E-state index contributed by atoms with van der Waals surface area (Å²) in [6.07, 6.45) is 0. The van der Waals surface area contributed by atoms with Crippen molar-refractivity contribution in [3.05, 3.63) is 35.0 Å². The number of amides is 2. The van der Waals surface area contributed by atoms with Crippen molar-refractivity contribution in [3.63, 3.8) is 0 Å². The van der Waals surface area contributed by atoms with Crippen LogP contribution in [0.2, 0.25) is 0 Å². The van der Waals surface area contributed by atoms with Gasteiger partial charge >= 0.3 is 12.0 Å². The molecule has 0 fully saturated rings. The van der Waals surface area contributed by atoms with Gasteiger partial charge in [0, 0.05) is 17.3 Å². The number of hydrogen-bond acceptors (Lipinski definition) is 5. The number of carbonyl (C=O) groups excluding carboxylic acids is 2. The summed E-state index contributed by atoms with van der Waals surface area (Å²) in [6.45, 7) is 3.63. The topological polar surface area (TPSA) is 85.9 Å². The number of ether oxygens (including phenoxy) is 3. The van der Waals surface area contributed by atoms with Crippen molar-refractivity contribution in [2.75, 3.05) is 20.8 Å². The Morgan fingerprint density at radius 1 is 1.26 bits per heavy atom. The molecule has 2 rings (SSSR count). The van der Waals surface area contributed by atoms with E-state index in [0.29, 0.717) is 28.3 Å². The Morgan fingerprint density at radius 3 is 2.61 bits per heavy atom. The number of carbonyl (C=O) groups is 2. The van der Waals surface area contributed by atoms with Gasteiger partial charge in [-0.3, -0.25) is 0 Å². The van der Waals surface area contributed by atoms with Gasteiger partial charge in [0.1, 0.15) is 11.5 Å². The SMILES string of the molecule is CCOC(=O)C1=C(C)NC(=O)N[C@H]1c1ccc(OC)cc1OC. The van der Waals surface area contributed by atoms with Crippen molar-refractivity contribution in [3.8, 4) is 11.5 Å². The number of rotatable bonds is 5. The molecule has 0 aromatic heterocycles. The Balaban J connectivity index is 2.52. The monoisotopic (exact) mass is 320 g/mol. The number of hydrogen-bond donors (Lipinski definition) is 2. The first-order chi connectivity index (χ1) is 11.0.